The highest BCUT2D eigenvalue weighted by atomic mass is 19.3. The van der Waals surface area contributed by atoms with Crippen LogP contribution in [0.3, 0.4) is 0 Å². The van der Waals surface area contributed by atoms with Crippen LogP contribution in [-0.2, 0) is 0 Å². The first kappa shape index (κ1) is 20.5. The van der Waals surface area contributed by atoms with Crippen LogP contribution in [0.25, 0.3) is 0 Å². The third-order valence-electron chi connectivity index (χ3n) is 6.66. The highest BCUT2D eigenvalue weighted by Gasteiger charge is 2.26. The van der Waals surface area contributed by atoms with Gasteiger partial charge in [-0.05, 0) is 67.1 Å². The first-order valence-electron chi connectivity index (χ1n) is 10.4. The van der Waals surface area contributed by atoms with Gasteiger partial charge in [-0.15, -0.1) is 0 Å². The molecule has 2 aliphatic rings. The minimum Gasteiger partial charge on any atom is -0.429 e. The Bertz CT molecular complexity index is 579. The molecule has 0 aliphatic heterocycles. The van der Waals surface area contributed by atoms with Crippen LogP contribution in [0, 0.1) is 29.4 Å². The van der Waals surface area contributed by atoms with Crippen LogP contribution in [0.4, 0.5) is 17.6 Å². The van der Waals surface area contributed by atoms with Crippen molar-refractivity contribution in [3.8, 4) is 5.75 Å². The topological polar surface area (TPSA) is 9.23 Å². The first-order chi connectivity index (χ1) is 12.9. The molecule has 27 heavy (non-hydrogen) atoms. The first-order valence-corrected chi connectivity index (χ1v) is 10.4. The molecule has 0 aromatic heterocycles. The summed E-state index contributed by atoms with van der Waals surface area (Å²) in [5.41, 5.74) is 0.561. The van der Waals surface area contributed by atoms with Crippen molar-refractivity contribution in [2.75, 3.05) is 0 Å². The SMILES string of the molecule is CC1CCC(CCC2CCC(c3cc(F)c(OC(F)F)c(F)c3)CC2)CC1. The zero-order chi connectivity index (χ0) is 19.4. The molecule has 0 amide bonds. The van der Waals surface area contributed by atoms with Gasteiger partial charge in [0.1, 0.15) is 0 Å². The van der Waals surface area contributed by atoms with E-state index in [1.54, 1.807) is 0 Å². The molecule has 3 rings (SSSR count). The van der Waals surface area contributed by atoms with E-state index < -0.39 is 24.0 Å². The van der Waals surface area contributed by atoms with Gasteiger partial charge in [-0.25, -0.2) is 8.78 Å². The summed E-state index contributed by atoms with van der Waals surface area (Å²) in [6.45, 7) is -0.891. The van der Waals surface area contributed by atoms with Crippen molar-refractivity contribution in [3.63, 3.8) is 0 Å². The predicted octanol–water partition coefficient (Wildman–Crippen LogP) is 7.45. The Balaban J connectivity index is 1.49. The van der Waals surface area contributed by atoms with Gasteiger partial charge in [0.05, 0.1) is 0 Å². The van der Waals surface area contributed by atoms with E-state index in [-0.39, 0.29) is 5.92 Å². The monoisotopic (exact) mass is 386 g/mol. The molecule has 1 aromatic carbocycles. The van der Waals surface area contributed by atoms with Crippen LogP contribution in [0.5, 0.6) is 5.75 Å². The summed E-state index contributed by atoms with van der Waals surface area (Å²) in [5, 5.41) is 0. The molecule has 0 heterocycles. The second kappa shape index (κ2) is 9.29. The lowest BCUT2D eigenvalue weighted by atomic mass is 9.74. The zero-order valence-corrected chi connectivity index (χ0v) is 16.0. The second-order valence-corrected chi connectivity index (χ2v) is 8.61. The number of ether oxygens (including phenoxy) is 1. The standard InChI is InChI=1S/C22H30F4O/c1-14-2-4-15(5-3-14)6-7-16-8-10-17(11-9-16)18-12-19(23)21(20(24)13-18)27-22(25)26/h12-17,22H,2-11H2,1H3. The van der Waals surface area contributed by atoms with Crippen LogP contribution in [-0.4, -0.2) is 6.61 Å². The second-order valence-electron chi connectivity index (χ2n) is 8.61. The van der Waals surface area contributed by atoms with Gasteiger partial charge in [0.2, 0.25) is 0 Å². The van der Waals surface area contributed by atoms with Crippen molar-refractivity contribution in [2.24, 2.45) is 17.8 Å². The van der Waals surface area contributed by atoms with Gasteiger partial charge in [0.25, 0.3) is 0 Å². The van der Waals surface area contributed by atoms with Crippen molar-refractivity contribution in [2.45, 2.75) is 83.7 Å². The molecule has 2 saturated carbocycles. The van der Waals surface area contributed by atoms with Crippen LogP contribution in [0.1, 0.15) is 82.6 Å². The van der Waals surface area contributed by atoms with Gasteiger partial charge >= 0.3 is 6.61 Å². The van der Waals surface area contributed by atoms with E-state index in [1.165, 1.54) is 38.5 Å². The average molecular weight is 386 g/mol. The van der Waals surface area contributed by atoms with Gasteiger partial charge in [-0.1, -0.05) is 45.4 Å². The normalized spacial score (nSPS) is 29.1. The van der Waals surface area contributed by atoms with E-state index in [0.717, 1.165) is 49.7 Å². The Morgan fingerprint density at radius 3 is 1.81 bits per heavy atom. The maximum absolute atomic E-state index is 14.0. The minimum absolute atomic E-state index is 0.0985. The number of halogens is 4. The fourth-order valence-electron chi connectivity index (χ4n) is 4.89. The molecule has 152 valence electrons. The highest BCUT2D eigenvalue weighted by molar-refractivity contribution is 5.33. The third-order valence-corrected chi connectivity index (χ3v) is 6.66. The number of rotatable bonds is 6. The van der Waals surface area contributed by atoms with Crippen molar-refractivity contribution in [3.05, 3.63) is 29.3 Å². The molecule has 1 aromatic rings. The maximum atomic E-state index is 14.0. The van der Waals surface area contributed by atoms with Crippen molar-refractivity contribution in [1.29, 1.82) is 0 Å². The summed E-state index contributed by atoms with van der Waals surface area (Å²) in [4.78, 5) is 0. The molecular formula is C22H30F4O. The number of benzene rings is 1. The molecule has 1 nitrogen and oxygen atoms in total. The Hall–Kier alpha value is -1.26. The Kier molecular flexibility index (Phi) is 7.04. The quantitative estimate of drug-likeness (QED) is 0.461. The molecule has 2 aliphatic carbocycles. The Labute approximate surface area is 159 Å². The minimum atomic E-state index is -3.23. The Morgan fingerprint density at radius 2 is 1.33 bits per heavy atom. The summed E-state index contributed by atoms with van der Waals surface area (Å²) in [5.74, 6) is -0.500. The summed E-state index contributed by atoms with van der Waals surface area (Å²) in [7, 11) is 0. The molecule has 0 unspecified atom stereocenters. The van der Waals surface area contributed by atoms with E-state index in [2.05, 4.69) is 11.7 Å². The highest BCUT2D eigenvalue weighted by Crippen LogP contribution is 2.41. The molecule has 0 spiro atoms. The van der Waals surface area contributed by atoms with Crippen molar-refractivity contribution < 1.29 is 22.3 Å². The molecule has 0 bridgehead atoms. The van der Waals surface area contributed by atoms with Gasteiger partial charge in [0, 0.05) is 0 Å². The Morgan fingerprint density at radius 1 is 0.852 bits per heavy atom. The van der Waals surface area contributed by atoms with E-state index in [0.29, 0.717) is 11.5 Å². The molecule has 0 radical (unpaired) electrons. The maximum Gasteiger partial charge on any atom is 0.387 e. The summed E-state index contributed by atoms with van der Waals surface area (Å²) in [6, 6.07) is 2.32. The third kappa shape index (κ3) is 5.61. The fraction of sp³-hybridized carbons (Fsp3) is 0.727. The molecule has 0 N–H and O–H groups in total. The van der Waals surface area contributed by atoms with Gasteiger partial charge in [-0.2, -0.15) is 8.78 Å². The predicted molar refractivity (Wildman–Crippen MR) is 98.0 cm³/mol. The number of hydrogen-bond donors (Lipinski definition) is 0. The molecular weight excluding hydrogens is 356 g/mol. The molecule has 2 fully saturated rings. The molecule has 0 atom stereocenters. The number of hydrogen-bond acceptors (Lipinski definition) is 1. The summed E-state index contributed by atoms with van der Waals surface area (Å²) >= 11 is 0. The molecule has 0 saturated heterocycles. The van der Waals surface area contributed by atoms with Crippen molar-refractivity contribution >= 4 is 0 Å². The van der Waals surface area contributed by atoms with E-state index in [4.69, 9.17) is 0 Å². The largest absolute Gasteiger partial charge is 0.429 e. The van der Waals surface area contributed by atoms with Crippen molar-refractivity contribution in [1.82, 2.24) is 0 Å². The van der Waals surface area contributed by atoms with Gasteiger partial charge in [-0.3, -0.25) is 0 Å². The lowest BCUT2D eigenvalue weighted by Gasteiger charge is -2.31. The van der Waals surface area contributed by atoms with E-state index in [9.17, 15) is 17.6 Å². The summed E-state index contributed by atoms with van der Waals surface area (Å²) in [6.07, 6.45) is 12.0. The smallest absolute Gasteiger partial charge is 0.387 e. The lowest BCUT2D eigenvalue weighted by Crippen LogP contribution is -2.17. The zero-order valence-electron chi connectivity index (χ0n) is 16.0. The van der Waals surface area contributed by atoms with Crippen LogP contribution >= 0.6 is 0 Å². The number of alkyl halides is 2. The lowest BCUT2D eigenvalue weighted by molar-refractivity contribution is -0.0546. The van der Waals surface area contributed by atoms with Gasteiger partial charge < -0.3 is 4.74 Å². The van der Waals surface area contributed by atoms with Gasteiger partial charge in [0.15, 0.2) is 17.4 Å². The summed E-state index contributed by atoms with van der Waals surface area (Å²) < 4.78 is 56.4. The fourth-order valence-corrected chi connectivity index (χ4v) is 4.89. The molecule has 5 heteroatoms. The van der Waals surface area contributed by atoms with Crippen LogP contribution < -0.4 is 4.74 Å². The van der Waals surface area contributed by atoms with E-state index >= 15 is 0 Å². The average Bonchev–Trinajstić information content (AvgIpc) is 2.64. The van der Waals surface area contributed by atoms with Crippen LogP contribution in [0.15, 0.2) is 12.1 Å². The van der Waals surface area contributed by atoms with E-state index in [1.807, 2.05) is 0 Å². The van der Waals surface area contributed by atoms with Crippen LogP contribution in [0.2, 0.25) is 0 Å².